The third-order valence-corrected chi connectivity index (χ3v) is 3.32. The molecule has 0 radical (unpaired) electrons. The second-order valence-electron chi connectivity index (χ2n) is 5.17. The summed E-state index contributed by atoms with van der Waals surface area (Å²) in [6, 6.07) is 7.48. The van der Waals surface area contributed by atoms with E-state index in [9.17, 15) is 9.59 Å². The fraction of sp³-hybridized carbons (Fsp3) is 0.467. The Morgan fingerprint density at radius 2 is 1.90 bits per heavy atom. The third kappa shape index (κ3) is 6.06. The Morgan fingerprint density at radius 1 is 1.25 bits per heavy atom. The lowest BCUT2D eigenvalue weighted by Gasteiger charge is -2.16. The van der Waals surface area contributed by atoms with Crippen LogP contribution in [-0.4, -0.2) is 23.0 Å². The second-order valence-corrected chi connectivity index (χ2v) is 5.58. The molecule has 0 saturated heterocycles. The monoisotopic (exact) mass is 297 g/mol. The van der Waals surface area contributed by atoms with Crippen molar-refractivity contribution in [2.75, 3.05) is 0 Å². The highest BCUT2D eigenvalue weighted by Crippen LogP contribution is 2.16. The largest absolute Gasteiger partial charge is 0.481 e. The average molecular weight is 298 g/mol. The molecule has 2 atom stereocenters. The Hall–Kier alpha value is -1.55. The third-order valence-electron chi connectivity index (χ3n) is 2.95. The number of carbonyl (C=O) groups is 2. The molecule has 1 aromatic carbocycles. The van der Waals surface area contributed by atoms with Crippen LogP contribution in [0.1, 0.15) is 32.3 Å². The number of carboxylic acids is 1. The van der Waals surface area contributed by atoms with E-state index in [2.05, 4.69) is 5.32 Å². The molecular weight excluding hydrogens is 278 g/mol. The highest BCUT2D eigenvalue weighted by atomic mass is 35.5. The lowest BCUT2D eigenvalue weighted by atomic mass is 10.0. The molecular formula is C15H20ClNO3. The zero-order valence-electron chi connectivity index (χ0n) is 11.7. The van der Waals surface area contributed by atoms with Crippen molar-refractivity contribution >= 4 is 23.5 Å². The minimum absolute atomic E-state index is 0.00626. The van der Waals surface area contributed by atoms with Crippen molar-refractivity contribution in [1.82, 2.24) is 5.32 Å². The molecule has 0 bridgehead atoms. The molecule has 1 rings (SSSR count). The van der Waals surface area contributed by atoms with Gasteiger partial charge in [0.1, 0.15) is 0 Å². The molecule has 5 heteroatoms. The zero-order chi connectivity index (χ0) is 15.1. The molecule has 0 aliphatic carbocycles. The highest BCUT2D eigenvalue weighted by Gasteiger charge is 2.15. The molecule has 0 fully saturated rings. The zero-order valence-corrected chi connectivity index (χ0v) is 12.5. The molecule has 1 amide bonds. The van der Waals surface area contributed by atoms with E-state index in [1.165, 1.54) is 0 Å². The SMILES string of the molecule is CC(CC(=O)O)CC(=O)NC(C)Cc1ccccc1Cl. The summed E-state index contributed by atoms with van der Waals surface area (Å²) in [6.45, 7) is 3.66. The summed E-state index contributed by atoms with van der Waals surface area (Å²) in [5.74, 6) is -1.17. The number of carbonyl (C=O) groups excluding carboxylic acids is 1. The lowest BCUT2D eigenvalue weighted by Crippen LogP contribution is -2.35. The van der Waals surface area contributed by atoms with Gasteiger partial charge in [-0.25, -0.2) is 0 Å². The highest BCUT2D eigenvalue weighted by molar-refractivity contribution is 6.31. The van der Waals surface area contributed by atoms with Crippen molar-refractivity contribution in [1.29, 1.82) is 0 Å². The van der Waals surface area contributed by atoms with E-state index in [0.29, 0.717) is 11.4 Å². The first-order valence-electron chi connectivity index (χ1n) is 6.63. The summed E-state index contributed by atoms with van der Waals surface area (Å²) in [5.41, 5.74) is 0.987. The molecule has 0 aliphatic rings. The molecule has 110 valence electrons. The number of hydrogen-bond acceptors (Lipinski definition) is 2. The maximum atomic E-state index is 11.8. The van der Waals surface area contributed by atoms with E-state index < -0.39 is 5.97 Å². The van der Waals surface area contributed by atoms with Gasteiger partial charge in [0.25, 0.3) is 0 Å². The van der Waals surface area contributed by atoms with E-state index in [1.807, 2.05) is 31.2 Å². The van der Waals surface area contributed by atoms with Crippen LogP contribution in [-0.2, 0) is 16.0 Å². The molecule has 0 spiro atoms. The lowest BCUT2D eigenvalue weighted by molar-refractivity contribution is -0.138. The standard InChI is InChI=1S/C15H20ClNO3/c1-10(8-15(19)20)7-14(18)17-11(2)9-12-5-3-4-6-13(12)16/h3-6,10-11H,7-9H2,1-2H3,(H,17,18)(H,19,20). The minimum atomic E-state index is -0.880. The minimum Gasteiger partial charge on any atom is -0.481 e. The second kappa shape index (κ2) is 7.90. The van der Waals surface area contributed by atoms with E-state index in [-0.39, 0.29) is 30.7 Å². The molecule has 2 unspecified atom stereocenters. The van der Waals surface area contributed by atoms with Crippen LogP contribution in [0.2, 0.25) is 5.02 Å². The van der Waals surface area contributed by atoms with Gasteiger partial charge in [0.2, 0.25) is 5.91 Å². The van der Waals surface area contributed by atoms with Crippen molar-refractivity contribution in [2.24, 2.45) is 5.92 Å². The van der Waals surface area contributed by atoms with E-state index in [0.717, 1.165) is 5.56 Å². The quantitative estimate of drug-likeness (QED) is 0.813. The fourth-order valence-electron chi connectivity index (χ4n) is 2.07. The predicted molar refractivity (Wildman–Crippen MR) is 78.8 cm³/mol. The van der Waals surface area contributed by atoms with Gasteiger partial charge in [-0.15, -0.1) is 0 Å². The summed E-state index contributed by atoms with van der Waals surface area (Å²) in [4.78, 5) is 22.3. The van der Waals surface area contributed by atoms with E-state index in [4.69, 9.17) is 16.7 Å². The van der Waals surface area contributed by atoms with Crippen LogP contribution in [0.15, 0.2) is 24.3 Å². The average Bonchev–Trinajstić information content (AvgIpc) is 2.30. The van der Waals surface area contributed by atoms with Crippen LogP contribution in [0.5, 0.6) is 0 Å². The number of aliphatic carboxylic acids is 1. The summed E-state index contributed by atoms with van der Waals surface area (Å²) in [6.07, 6.45) is 0.879. The van der Waals surface area contributed by atoms with Gasteiger partial charge < -0.3 is 10.4 Å². The molecule has 0 aliphatic heterocycles. The number of carboxylic acid groups (broad SMARTS) is 1. The number of nitrogens with one attached hydrogen (secondary N) is 1. The van der Waals surface area contributed by atoms with Gasteiger partial charge in [-0.05, 0) is 30.9 Å². The molecule has 0 aromatic heterocycles. The van der Waals surface area contributed by atoms with Gasteiger partial charge in [0.15, 0.2) is 0 Å². The number of rotatable bonds is 7. The fourth-order valence-corrected chi connectivity index (χ4v) is 2.28. The predicted octanol–water partition coefficient (Wildman–Crippen LogP) is 2.89. The molecule has 0 heterocycles. The van der Waals surface area contributed by atoms with E-state index in [1.54, 1.807) is 6.92 Å². The van der Waals surface area contributed by atoms with Crippen molar-refractivity contribution in [3.63, 3.8) is 0 Å². The Bertz CT molecular complexity index is 476. The smallest absolute Gasteiger partial charge is 0.303 e. The van der Waals surface area contributed by atoms with Crippen LogP contribution < -0.4 is 5.32 Å². The van der Waals surface area contributed by atoms with Gasteiger partial charge in [0, 0.05) is 23.9 Å². The number of halogens is 1. The van der Waals surface area contributed by atoms with Crippen LogP contribution >= 0.6 is 11.6 Å². The Kier molecular flexibility index (Phi) is 6.52. The van der Waals surface area contributed by atoms with Crippen molar-refractivity contribution in [3.8, 4) is 0 Å². The van der Waals surface area contributed by atoms with Crippen molar-refractivity contribution in [2.45, 2.75) is 39.2 Å². The summed E-state index contributed by atoms with van der Waals surface area (Å²) in [5, 5.41) is 12.2. The normalized spacial score (nSPS) is 13.6. The van der Waals surface area contributed by atoms with Gasteiger partial charge in [-0.2, -0.15) is 0 Å². The van der Waals surface area contributed by atoms with Crippen LogP contribution in [0.3, 0.4) is 0 Å². The molecule has 2 N–H and O–H groups in total. The first kappa shape index (κ1) is 16.5. The summed E-state index contributed by atoms with van der Waals surface area (Å²) < 4.78 is 0. The van der Waals surface area contributed by atoms with Gasteiger partial charge in [-0.1, -0.05) is 36.7 Å². The van der Waals surface area contributed by atoms with Crippen LogP contribution in [0.25, 0.3) is 0 Å². The number of amides is 1. The van der Waals surface area contributed by atoms with Crippen molar-refractivity contribution in [3.05, 3.63) is 34.9 Å². The Labute approximate surface area is 124 Å². The van der Waals surface area contributed by atoms with Crippen LogP contribution in [0.4, 0.5) is 0 Å². The summed E-state index contributed by atoms with van der Waals surface area (Å²) in [7, 11) is 0. The maximum absolute atomic E-state index is 11.8. The number of benzene rings is 1. The molecule has 0 saturated carbocycles. The first-order chi connectivity index (χ1) is 9.38. The van der Waals surface area contributed by atoms with Gasteiger partial charge in [0.05, 0.1) is 0 Å². The Morgan fingerprint density at radius 3 is 2.50 bits per heavy atom. The topological polar surface area (TPSA) is 66.4 Å². The molecule has 20 heavy (non-hydrogen) atoms. The van der Waals surface area contributed by atoms with Crippen molar-refractivity contribution < 1.29 is 14.7 Å². The first-order valence-corrected chi connectivity index (χ1v) is 7.00. The molecule has 1 aromatic rings. The Balaban J connectivity index is 2.42. The maximum Gasteiger partial charge on any atom is 0.303 e. The van der Waals surface area contributed by atoms with Gasteiger partial charge >= 0.3 is 5.97 Å². The molecule has 4 nitrogen and oxygen atoms in total. The van der Waals surface area contributed by atoms with Gasteiger partial charge in [-0.3, -0.25) is 9.59 Å². The van der Waals surface area contributed by atoms with E-state index >= 15 is 0 Å². The number of hydrogen-bond donors (Lipinski definition) is 2. The van der Waals surface area contributed by atoms with Crippen LogP contribution in [0, 0.1) is 5.92 Å². The summed E-state index contributed by atoms with van der Waals surface area (Å²) >= 11 is 6.07.